The van der Waals surface area contributed by atoms with Gasteiger partial charge in [-0.15, -0.1) is 0 Å². The van der Waals surface area contributed by atoms with Gasteiger partial charge in [-0.2, -0.15) is 5.26 Å². The van der Waals surface area contributed by atoms with Crippen molar-refractivity contribution >= 4 is 11.1 Å². The van der Waals surface area contributed by atoms with Gasteiger partial charge in [0.1, 0.15) is 5.52 Å². The molecule has 0 bridgehead atoms. The number of aromatic nitrogens is 4. The zero-order valence-electron chi connectivity index (χ0n) is 25.1. The molecule has 220 valence electrons. The lowest BCUT2D eigenvalue weighted by atomic mass is 9.94. The number of hydrogen-bond donors (Lipinski definition) is 0. The summed E-state index contributed by atoms with van der Waals surface area (Å²) >= 11 is 0. The first-order valence-corrected chi connectivity index (χ1v) is 15.2. The minimum atomic E-state index is 0.540. The Bertz CT molecular complexity index is 2340. The van der Waals surface area contributed by atoms with Gasteiger partial charge in [0.25, 0.3) is 0 Å². The molecule has 0 spiro atoms. The van der Waals surface area contributed by atoms with Crippen molar-refractivity contribution < 1.29 is 4.42 Å². The lowest BCUT2D eigenvalue weighted by molar-refractivity contribution is 0.620. The maximum absolute atomic E-state index is 9.42. The molecule has 2 aromatic heterocycles. The SMILES string of the molecule is N#Cc1ccc(-c2cc(-c3ccccc3-c3nc(-c4ccccc4)nc(-c4ccccc4)n3)cc3oc(-c4ccccc4)nc23)cc1. The molecule has 0 aliphatic rings. The average molecular weight is 604 g/mol. The Kier molecular flexibility index (Phi) is 7.10. The van der Waals surface area contributed by atoms with Crippen LogP contribution in [0.5, 0.6) is 0 Å². The molecule has 0 aliphatic heterocycles. The van der Waals surface area contributed by atoms with E-state index in [4.69, 9.17) is 24.4 Å². The van der Waals surface area contributed by atoms with Crippen LogP contribution in [0.4, 0.5) is 0 Å². The molecule has 0 fully saturated rings. The highest BCUT2D eigenvalue weighted by molar-refractivity contribution is 5.97. The normalized spacial score (nSPS) is 11.0. The molecule has 0 saturated heterocycles. The molecule has 0 aliphatic carbocycles. The molecule has 6 nitrogen and oxygen atoms in total. The maximum atomic E-state index is 9.42. The van der Waals surface area contributed by atoms with Crippen LogP contribution in [-0.4, -0.2) is 19.9 Å². The van der Waals surface area contributed by atoms with Crippen molar-refractivity contribution in [2.75, 3.05) is 0 Å². The van der Waals surface area contributed by atoms with E-state index in [1.54, 1.807) is 0 Å². The third-order valence-electron chi connectivity index (χ3n) is 8.02. The maximum Gasteiger partial charge on any atom is 0.227 e. The third-order valence-corrected chi connectivity index (χ3v) is 8.02. The Hall–Kier alpha value is -6.71. The van der Waals surface area contributed by atoms with Crippen LogP contribution in [-0.2, 0) is 0 Å². The molecule has 8 aromatic rings. The van der Waals surface area contributed by atoms with Crippen LogP contribution in [0.2, 0.25) is 0 Å². The Morgan fingerprint density at radius 3 is 1.55 bits per heavy atom. The minimum Gasteiger partial charge on any atom is -0.436 e. The van der Waals surface area contributed by atoms with Crippen LogP contribution in [0.3, 0.4) is 0 Å². The minimum absolute atomic E-state index is 0.540. The lowest BCUT2D eigenvalue weighted by Crippen LogP contribution is -2.01. The van der Waals surface area contributed by atoms with E-state index in [9.17, 15) is 5.26 Å². The van der Waals surface area contributed by atoms with Crippen molar-refractivity contribution in [3.8, 4) is 73.9 Å². The molecule has 0 N–H and O–H groups in total. The molecule has 0 amide bonds. The fourth-order valence-electron chi connectivity index (χ4n) is 5.69. The van der Waals surface area contributed by atoms with Crippen molar-refractivity contribution in [1.82, 2.24) is 19.9 Å². The van der Waals surface area contributed by atoms with Gasteiger partial charge in [-0.25, -0.2) is 19.9 Å². The second-order valence-corrected chi connectivity index (χ2v) is 11.0. The summed E-state index contributed by atoms with van der Waals surface area (Å²) in [5.41, 5.74) is 9.24. The van der Waals surface area contributed by atoms with Crippen molar-refractivity contribution in [2.45, 2.75) is 0 Å². The molecular formula is C41H25N5O. The van der Waals surface area contributed by atoms with E-state index in [-0.39, 0.29) is 0 Å². The van der Waals surface area contributed by atoms with Gasteiger partial charge in [-0.05, 0) is 53.1 Å². The highest BCUT2D eigenvalue weighted by atomic mass is 16.3. The van der Waals surface area contributed by atoms with Crippen LogP contribution in [0.15, 0.2) is 156 Å². The van der Waals surface area contributed by atoms with E-state index in [0.29, 0.717) is 34.5 Å². The Morgan fingerprint density at radius 2 is 0.957 bits per heavy atom. The van der Waals surface area contributed by atoms with Crippen LogP contribution in [0, 0.1) is 11.3 Å². The van der Waals surface area contributed by atoms with Crippen molar-refractivity contribution in [2.24, 2.45) is 0 Å². The molecule has 6 heteroatoms. The molecule has 0 radical (unpaired) electrons. The average Bonchev–Trinajstić information content (AvgIpc) is 3.60. The van der Waals surface area contributed by atoms with Crippen molar-refractivity contribution in [3.63, 3.8) is 0 Å². The summed E-state index contributed by atoms with van der Waals surface area (Å²) in [6.07, 6.45) is 0. The molecule has 2 heterocycles. The fourth-order valence-corrected chi connectivity index (χ4v) is 5.69. The molecular weight excluding hydrogens is 578 g/mol. The summed E-state index contributed by atoms with van der Waals surface area (Å²) in [7, 11) is 0. The van der Waals surface area contributed by atoms with Crippen molar-refractivity contribution in [1.29, 1.82) is 5.26 Å². The summed E-state index contributed by atoms with van der Waals surface area (Å²) in [6.45, 7) is 0. The number of nitrogens with zero attached hydrogens (tertiary/aromatic N) is 5. The van der Waals surface area contributed by atoms with Crippen LogP contribution < -0.4 is 0 Å². The third kappa shape index (κ3) is 5.43. The summed E-state index contributed by atoms with van der Waals surface area (Å²) in [6, 6.07) is 51.8. The predicted molar refractivity (Wildman–Crippen MR) is 185 cm³/mol. The molecule has 0 unspecified atom stereocenters. The van der Waals surface area contributed by atoms with E-state index in [1.807, 2.05) is 140 Å². The fraction of sp³-hybridized carbons (Fsp3) is 0. The van der Waals surface area contributed by atoms with Crippen LogP contribution in [0.1, 0.15) is 5.56 Å². The Morgan fingerprint density at radius 1 is 0.426 bits per heavy atom. The number of oxazole rings is 1. The van der Waals surface area contributed by atoms with Gasteiger partial charge in [0.05, 0.1) is 11.6 Å². The largest absolute Gasteiger partial charge is 0.436 e. The molecule has 0 atom stereocenters. The summed E-state index contributed by atoms with van der Waals surface area (Å²) in [5.74, 6) is 2.30. The van der Waals surface area contributed by atoms with E-state index in [1.165, 1.54) is 0 Å². The second kappa shape index (κ2) is 12.0. The number of rotatable bonds is 6. The van der Waals surface area contributed by atoms with Crippen LogP contribution in [0.25, 0.3) is 79.0 Å². The molecule has 47 heavy (non-hydrogen) atoms. The van der Waals surface area contributed by atoms with Crippen molar-refractivity contribution in [3.05, 3.63) is 157 Å². The number of hydrogen-bond acceptors (Lipinski definition) is 6. The first-order chi connectivity index (χ1) is 23.2. The first-order valence-electron chi connectivity index (χ1n) is 15.2. The van der Waals surface area contributed by atoms with E-state index >= 15 is 0 Å². The van der Waals surface area contributed by atoms with Gasteiger partial charge in [-0.1, -0.05) is 115 Å². The summed E-state index contributed by atoms with van der Waals surface area (Å²) in [4.78, 5) is 19.8. The van der Waals surface area contributed by atoms with Gasteiger partial charge in [-0.3, -0.25) is 0 Å². The van der Waals surface area contributed by atoms with E-state index < -0.39 is 0 Å². The predicted octanol–water partition coefficient (Wildman–Crippen LogP) is 9.89. The van der Waals surface area contributed by atoms with Crippen LogP contribution >= 0.6 is 0 Å². The topological polar surface area (TPSA) is 88.5 Å². The summed E-state index contributed by atoms with van der Waals surface area (Å²) in [5, 5.41) is 9.42. The standard InChI is InChI=1S/C41H25N5O/c42-26-27-20-22-28(23-21-27)35-24-32(25-36-37(35)43-41(47-36)31-16-8-3-9-17-31)33-18-10-11-19-34(33)40-45-38(29-12-4-1-5-13-29)44-39(46-40)30-14-6-2-7-15-30/h1-25H. The van der Waals surface area contributed by atoms with Gasteiger partial charge >= 0.3 is 0 Å². The molecule has 8 rings (SSSR count). The van der Waals surface area contributed by atoms with Gasteiger partial charge in [0.15, 0.2) is 23.1 Å². The Labute approximate surface area is 271 Å². The zero-order chi connectivity index (χ0) is 31.6. The van der Waals surface area contributed by atoms with E-state index in [0.717, 1.165) is 50.0 Å². The van der Waals surface area contributed by atoms with Gasteiger partial charge < -0.3 is 4.42 Å². The zero-order valence-corrected chi connectivity index (χ0v) is 25.1. The second-order valence-electron chi connectivity index (χ2n) is 11.0. The Balaban J connectivity index is 1.34. The first kappa shape index (κ1) is 27.8. The highest BCUT2D eigenvalue weighted by Crippen LogP contribution is 2.39. The van der Waals surface area contributed by atoms with E-state index in [2.05, 4.69) is 18.2 Å². The van der Waals surface area contributed by atoms with Gasteiger partial charge in [0.2, 0.25) is 5.89 Å². The van der Waals surface area contributed by atoms with Gasteiger partial charge in [0, 0.05) is 27.8 Å². The smallest absolute Gasteiger partial charge is 0.227 e. The quantitative estimate of drug-likeness (QED) is 0.188. The number of nitriles is 1. The summed E-state index contributed by atoms with van der Waals surface area (Å²) < 4.78 is 6.42. The number of benzene rings is 6. The highest BCUT2D eigenvalue weighted by Gasteiger charge is 2.19. The molecule has 6 aromatic carbocycles. The number of fused-ring (bicyclic) bond motifs is 1. The molecule has 0 saturated carbocycles. The lowest BCUT2D eigenvalue weighted by Gasteiger charge is -2.13. The monoisotopic (exact) mass is 603 g/mol.